The van der Waals surface area contributed by atoms with Gasteiger partial charge in [0.2, 0.25) is 0 Å². The summed E-state index contributed by atoms with van der Waals surface area (Å²) in [6, 6.07) is 37.1. The molecular weight excluding hydrogens is 542 g/mol. The van der Waals surface area contributed by atoms with Gasteiger partial charge in [0.25, 0.3) is 0 Å². The number of hydrogen-bond acceptors (Lipinski definition) is 5. The van der Waals surface area contributed by atoms with Crippen LogP contribution in [0.4, 0.5) is 0 Å². The van der Waals surface area contributed by atoms with Gasteiger partial charge in [-0.15, -0.1) is 0 Å². The minimum Gasteiger partial charge on any atom is -0.309 e. The highest BCUT2D eigenvalue weighted by molar-refractivity contribution is 6.09. The topological polar surface area (TPSA) is 74.3 Å². The van der Waals surface area contributed by atoms with Gasteiger partial charge in [-0.25, -0.2) is 9.97 Å². The van der Waals surface area contributed by atoms with Crippen molar-refractivity contribution in [3.05, 3.63) is 140 Å². The van der Waals surface area contributed by atoms with Crippen molar-refractivity contribution < 1.29 is 0 Å². The first kappa shape index (κ1) is 24.4. The van der Waals surface area contributed by atoms with Crippen molar-refractivity contribution in [1.29, 1.82) is 0 Å². The molecule has 7 heteroatoms. The standard InChI is InChI=1S/C37H23N7/c1-3-12-33-25(8-1)27-22-38-18-15-35(27)43(33)24-20-31(29-10-5-6-17-40-29)41-32(21-24)30-11-7-14-37(42-30)44-34-13-4-2-9-26(34)28-23-39-19-16-36(28)44/h1-23H. The molecule has 0 N–H and O–H groups in total. The molecule has 0 aliphatic carbocycles. The van der Waals surface area contributed by atoms with Crippen LogP contribution in [-0.2, 0) is 0 Å². The van der Waals surface area contributed by atoms with Gasteiger partial charge in [0.15, 0.2) is 0 Å². The van der Waals surface area contributed by atoms with Crippen LogP contribution in [0.15, 0.2) is 140 Å². The Bertz CT molecular complexity index is 2400. The first-order valence-corrected chi connectivity index (χ1v) is 14.4. The zero-order valence-corrected chi connectivity index (χ0v) is 23.4. The van der Waals surface area contributed by atoms with E-state index in [0.717, 1.165) is 77.9 Å². The summed E-state index contributed by atoms with van der Waals surface area (Å²) in [7, 11) is 0. The molecule has 0 spiro atoms. The van der Waals surface area contributed by atoms with Gasteiger partial charge in [-0.05, 0) is 60.7 Å². The monoisotopic (exact) mass is 565 g/mol. The lowest BCUT2D eigenvalue weighted by molar-refractivity contribution is 1.07. The molecule has 7 aromatic heterocycles. The third-order valence-electron chi connectivity index (χ3n) is 8.17. The van der Waals surface area contributed by atoms with Gasteiger partial charge in [-0.1, -0.05) is 48.5 Å². The van der Waals surface area contributed by atoms with Gasteiger partial charge in [0.1, 0.15) is 5.82 Å². The number of fused-ring (bicyclic) bond motifs is 6. The molecular formula is C37H23N7. The highest BCUT2D eigenvalue weighted by Crippen LogP contribution is 2.35. The predicted octanol–water partition coefficient (Wildman–Crippen LogP) is 8.19. The summed E-state index contributed by atoms with van der Waals surface area (Å²) in [5.74, 6) is 0.814. The molecule has 9 rings (SSSR count). The number of para-hydroxylation sites is 2. The zero-order chi connectivity index (χ0) is 29.0. The van der Waals surface area contributed by atoms with Crippen LogP contribution >= 0.6 is 0 Å². The van der Waals surface area contributed by atoms with E-state index in [-0.39, 0.29) is 0 Å². The normalized spacial score (nSPS) is 11.6. The van der Waals surface area contributed by atoms with Crippen LogP contribution in [0.3, 0.4) is 0 Å². The lowest BCUT2D eigenvalue weighted by Gasteiger charge is -2.13. The van der Waals surface area contributed by atoms with Crippen LogP contribution in [0.25, 0.3) is 77.9 Å². The molecule has 206 valence electrons. The van der Waals surface area contributed by atoms with Crippen LogP contribution in [0.5, 0.6) is 0 Å². The Hall–Kier alpha value is -6.21. The minimum absolute atomic E-state index is 0.757. The smallest absolute Gasteiger partial charge is 0.138 e. The maximum absolute atomic E-state index is 5.21. The highest BCUT2D eigenvalue weighted by Gasteiger charge is 2.17. The van der Waals surface area contributed by atoms with E-state index in [1.54, 1.807) is 6.20 Å². The van der Waals surface area contributed by atoms with E-state index in [1.165, 1.54) is 0 Å². The van der Waals surface area contributed by atoms with Crippen molar-refractivity contribution >= 4 is 43.6 Å². The fourth-order valence-electron chi connectivity index (χ4n) is 6.27. The van der Waals surface area contributed by atoms with Crippen molar-refractivity contribution in [2.75, 3.05) is 0 Å². The lowest BCUT2D eigenvalue weighted by atomic mass is 10.1. The summed E-state index contributed by atoms with van der Waals surface area (Å²) in [6.45, 7) is 0. The molecule has 0 fully saturated rings. The van der Waals surface area contributed by atoms with Crippen LogP contribution in [-0.4, -0.2) is 34.1 Å². The molecule has 0 atom stereocenters. The number of rotatable bonds is 4. The molecule has 0 amide bonds. The molecule has 0 aliphatic rings. The second-order valence-electron chi connectivity index (χ2n) is 10.7. The first-order valence-electron chi connectivity index (χ1n) is 14.4. The van der Waals surface area contributed by atoms with E-state index in [1.807, 2.05) is 67.3 Å². The summed E-state index contributed by atoms with van der Waals surface area (Å²) in [5.41, 5.74) is 8.37. The Morgan fingerprint density at radius 1 is 0.409 bits per heavy atom. The first-order chi connectivity index (χ1) is 21.8. The summed E-state index contributed by atoms with van der Waals surface area (Å²) in [4.78, 5) is 23.8. The van der Waals surface area contributed by atoms with Crippen molar-refractivity contribution in [3.63, 3.8) is 0 Å². The Morgan fingerprint density at radius 3 is 1.70 bits per heavy atom. The maximum atomic E-state index is 5.21. The van der Waals surface area contributed by atoms with E-state index in [0.29, 0.717) is 0 Å². The number of aromatic nitrogens is 7. The molecule has 7 nitrogen and oxygen atoms in total. The summed E-state index contributed by atoms with van der Waals surface area (Å²) in [6.07, 6.45) is 9.32. The van der Waals surface area contributed by atoms with Crippen molar-refractivity contribution in [2.45, 2.75) is 0 Å². The molecule has 44 heavy (non-hydrogen) atoms. The fraction of sp³-hybridized carbons (Fsp3) is 0. The second kappa shape index (κ2) is 9.68. The Labute approximate surface area is 251 Å². The van der Waals surface area contributed by atoms with Gasteiger partial charge in [-0.3, -0.25) is 19.5 Å². The van der Waals surface area contributed by atoms with Crippen molar-refractivity contribution in [2.24, 2.45) is 0 Å². The SMILES string of the molecule is c1ccc(-c2cc(-n3c4ccccc4c4cnccc43)cc(-c3cccc(-n4c5ccccc5c5cnccc54)n3)n2)nc1. The van der Waals surface area contributed by atoms with E-state index >= 15 is 0 Å². The third kappa shape index (κ3) is 3.73. The van der Waals surface area contributed by atoms with E-state index in [2.05, 4.69) is 90.8 Å². The molecule has 2 aromatic carbocycles. The van der Waals surface area contributed by atoms with Gasteiger partial charge in [0.05, 0.1) is 50.5 Å². The molecule has 0 radical (unpaired) electrons. The molecule has 0 unspecified atom stereocenters. The fourth-order valence-corrected chi connectivity index (χ4v) is 6.27. The van der Waals surface area contributed by atoms with Gasteiger partial charge in [0, 0.05) is 52.5 Å². The summed E-state index contributed by atoms with van der Waals surface area (Å²) >= 11 is 0. The Morgan fingerprint density at radius 2 is 1.00 bits per heavy atom. The van der Waals surface area contributed by atoms with Crippen molar-refractivity contribution in [1.82, 2.24) is 34.1 Å². The van der Waals surface area contributed by atoms with Crippen LogP contribution < -0.4 is 0 Å². The average Bonchev–Trinajstić information content (AvgIpc) is 3.62. The molecule has 0 saturated heterocycles. The molecule has 0 aliphatic heterocycles. The van der Waals surface area contributed by atoms with Crippen LogP contribution in [0.1, 0.15) is 0 Å². The Balaban J connectivity index is 1.30. The average molecular weight is 566 g/mol. The van der Waals surface area contributed by atoms with E-state index in [9.17, 15) is 0 Å². The largest absolute Gasteiger partial charge is 0.309 e. The molecule has 0 saturated carbocycles. The van der Waals surface area contributed by atoms with Crippen molar-refractivity contribution in [3.8, 4) is 34.3 Å². The summed E-state index contributed by atoms with van der Waals surface area (Å²) < 4.78 is 4.47. The van der Waals surface area contributed by atoms with Crippen LogP contribution in [0, 0.1) is 0 Å². The minimum atomic E-state index is 0.757. The third-order valence-corrected chi connectivity index (χ3v) is 8.17. The lowest BCUT2D eigenvalue weighted by Crippen LogP contribution is -2.02. The van der Waals surface area contributed by atoms with Gasteiger partial charge < -0.3 is 4.57 Å². The zero-order valence-electron chi connectivity index (χ0n) is 23.4. The summed E-state index contributed by atoms with van der Waals surface area (Å²) in [5, 5.41) is 4.48. The highest BCUT2D eigenvalue weighted by atomic mass is 15.1. The Kier molecular flexibility index (Phi) is 5.36. The predicted molar refractivity (Wildman–Crippen MR) is 175 cm³/mol. The number of hydrogen-bond donors (Lipinski definition) is 0. The maximum Gasteiger partial charge on any atom is 0.138 e. The van der Waals surface area contributed by atoms with Gasteiger partial charge in [-0.2, -0.15) is 0 Å². The van der Waals surface area contributed by atoms with Gasteiger partial charge >= 0.3 is 0 Å². The quantitative estimate of drug-likeness (QED) is 0.215. The van der Waals surface area contributed by atoms with Crippen LogP contribution in [0.2, 0.25) is 0 Å². The molecule has 9 aromatic rings. The number of nitrogens with zero attached hydrogens (tertiary/aromatic N) is 7. The van der Waals surface area contributed by atoms with E-state index in [4.69, 9.17) is 9.97 Å². The number of benzene rings is 2. The van der Waals surface area contributed by atoms with E-state index < -0.39 is 0 Å². The number of pyridine rings is 5. The molecule has 7 heterocycles. The second-order valence-corrected chi connectivity index (χ2v) is 10.7. The molecule has 0 bridgehead atoms.